The maximum Gasteiger partial charge on any atom is 0.106 e. The molecule has 4 nitrogen and oxygen atoms in total. The quantitative estimate of drug-likeness (QED) is 0.499. The summed E-state index contributed by atoms with van der Waals surface area (Å²) in [5.74, 6) is 5.26. The first-order valence-electron chi connectivity index (χ1n) is 8.03. The highest BCUT2D eigenvalue weighted by molar-refractivity contribution is 7.97. The molecule has 0 bridgehead atoms. The molecular formula is C18H19FN4S. The lowest BCUT2D eigenvalue weighted by atomic mass is 9.91. The van der Waals surface area contributed by atoms with Gasteiger partial charge in [0.25, 0.3) is 0 Å². The molecule has 0 saturated heterocycles. The summed E-state index contributed by atoms with van der Waals surface area (Å²) in [6.07, 6.45) is 5.53. The van der Waals surface area contributed by atoms with E-state index in [1.807, 2.05) is 12.3 Å². The van der Waals surface area contributed by atoms with Crippen molar-refractivity contribution in [2.24, 2.45) is 10.8 Å². The Balaban J connectivity index is 1.61. The Morgan fingerprint density at radius 3 is 3.08 bits per heavy atom. The average Bonchev–Trinajstić information content (AvgIpc) is 3.14. The molecule has 0 spiro atoms. The van der Waals surface area contributed by atoms with E-state index in [0.29, 0.717) is 12.5 Å². The molecule has 0 saturated carbocycles. The Bertz CT molecular complexity index is 809. The smallest absolute Gasteiger partial charge is 0.106 e. The van der Waals surface area contributed by atoms with Crippen molar-refractivity contribution < 1.29 is 4.39 Å². The van der Waals surface area contributed by atoms with Crippen LogP contribution in [0.5, 0.6) is 0 Å². The number of aliphatic imine (C=N–C) groups is 1. The molecule has 1 unspecified atom stereocenters. The standard InChI is InChI=1S/C18H19FN4S/c1-11-15-8-12(2-5-18(15)24-23(11)7-6-22-20)16-10-21-17-9-13(19)3-4-14(16)17/h2-5,8,10-11,22H,6-7,9,20H2,1H3. The summed E-state index contributed by atoms with van der Waals surface area (Å²) >= 11 is 1.77. The number of halogens is 1. The highest BCUT2D eigenvalue weighted by Crippen LogP contribution is 2.45. The molecule has 0 radical (unpaired) electrons. The monoisotopic (exact) mass is 342 g/mol. The number of allylic oxidation sites excluding steroid dienone is 5. The molecule has 2 aliphatic heterocycles. The average molecular weight is 342 g/mol. The van der Waals surface area contributed by atoms with Gasteiger partial charge >= 0.3 is 0 Å². The Morgan fingerprint density at radius 2 is 2.25 bits per heavy atom. The third kappa shape index (κ3) is 2.65. The van der Waals surface area contributed by atoms with Crippen LogP contribution >= 0.6 is 11.9 Å². The molecule has 3 N–H and O–H groups in total. The molecule has 3 aliphatic rings. The molecule has 1 aromatic carbocycles. The number of hydrazine groups is 1. The summed E-state index contributed by atoms with van der Waals surface area (Å²) in [6, 6.07) is 6.87. The SMILES string of the molecule is CC1c2cc(C3=CN=C4CC(F)=CC=C34)ccc2SN1CCNN. The molecule has 124 valence electrons. The summed E-state index contributed by atoms with van der Waals surface area (Å²) in [5.41, 5.74) is 8.11. The number of nitrogens with one attached hydrogen (secondary N) is 1. The van der Waals surface area contributed by atoms with Gasteiger partial charge < -0.3 is 0 Å². The van der Waals surface area contributed by atoms with E-state index < -0.39 is 0 Å². The zero-order chi connectivity index (χ0) is 16.7. The molecule has 24 heavy (non-hydrogen) atoms. The van der Waals surface area contributed by atoms with Gasteiger partial charge in [0.1, 0.15) is 5.83 Å². The van der Waals surface area contributed by atoms with Gasteiger partial charge in [0.15, 0.2) is 0 Å². The lowest BCUT2D eigenvalue weighted by Crippen LogP contribution is -2.31. The molecule has 1 atom stereocenters. The van der Waals surface area contributed by atoms with Gasteiger partial charge in [0.2, 0.25) is 0 Å². The summed E-state index contributed by atoms with van der Waals surface area (Å²) < 4.78 is 15.7. The maximum absolute atomic E-state index is 13.4. The largest absolute Gasteiger partial charge is 0.271 e. The van der Waals surface area contributed by atoms with E-state index in [9.17, 15) is 4.39 Å². The van der Waals surface area contributed by atoms with Crippen molar-refractivity contribution in [3.8, 4) is 0 Å². The second kappa shape index (κ2) is 6.29. The molecular weight excluding hydrogens is 323 g/mol. The topological polar surface area (TPSA) is 53.6 Å². The van der Waals surface area contributed by atoms with Crippen LogP contribution in [0.3, 0.4) is 0 Å². The maximum atomic E-state index is 13.4. The van der Waals surface area contributed by atoms with Crippen LogP contribution in [0.1, 0.15) is 30.5 Å². The Kier molecular flexibility index (Phi) is 4.14. The number of rotatable bonds is 4. The predicted octanol–water partition coefficient (Wildman–Crippen LogP) is 3.51. The molecule has 0 aromatic heterocycles. The van der Waals surface area contributed by atoms with E-state index in [1.54, 1.807) is 18.0 Å². The minimum absolute atomic E-state index is 0.129. The summed E-state index contributed by atoms with van der Waals surface area (Å²) in [4.78, 5) is 5.69. The highest BCUT2D eigenvalue weighted by Gasteiger charge is 2.29. The zero-order valence-electron chi connectivity index (χ0n) is 13.4. The first-order chi connectivity index (χ1) is 11.7. The fraction of sp³-hybridized carbons (Fsp3) is 0.278. The van der Waals surface area contributed by atoms with E-state index in [1.165, 1.54) is 10.5 Å². The van der Waals surface area contributed by atoms with E-state index >= 15 is 0 Å². The van der Waals surface area contributed by atoms with Gasteiger partial charge in [-0.05, 0) is 54.3 Å². The van der Waals surface area contributed by atoms with Gasteiger partial charge in [-0.25, -0.2) is 8.70 Å². The van der Waals surface area contributed by atoms with Gasteiger partial charge in [-0.2, -0.15) is 0 Å². The van der Waals surface area contributed by atoms with Crippen molar-refractivity contribution in [3.63, 3.8) is 0 Å². The van der Waals surface area contributed by atoms with Gasteiger partial charge in [0, 0.05) is 47.8 Å². The summed E-state index contributed by atoms with van der Waals surface area (Å²) in [7, 11) is 0. The fourth-order valence-electron chi connectivity index (χ4n) is 3.29. The minimum Gasteiger partial charge on any atom is -0.271 e. The predicted molar refractivity (Wildman–Crippen MR) is 96.9 cm³/mol. The first kappa shape index (κ1) is 15.8. The molecule has 2 heterocycles. The van der Waals surface area contributed by atoms with Crippen molar-refractivity contribution in [1.29, 1.82) is 0 Å². The lowest BCUT2D eigenvalue weighted by Gasteiger charge is -2.19. The first-order valence-corrected chi connectivity index (χ1v) is 8.81. The van der Waals surface area contributed by atoms with Crippen LogP contribution in [-0.2, 0) is 0 Å². The number of fused-ring (bicyclic) bond motifs is 2. The van der Waals surface area contributed by atoms with Crippen LogP contribution in [0.15, 0.2) is 57.8 Å². The van der Waals surface area contributed by atoms with Crippen molar-refractivity contribution in [1.82, 2.24) is 9.73 Å². The molecule has 0 amide bonds. The molecule has 4 rings (SSSR count). The lowest BCUT2D eigenvalue weighted by molar-refractivity contribution is 0.390. The zero-order valence-corrected chi connectivity index (χ0v) is 14.2. The van der Waals surface area contributed by atoms with Crippen molar-refractivity contribution in [2.45, 2.75) is 24.3 Å². The number of benzene rings is 1. The van der Waals surface area contributed by atoms with Crippen LogP contribution in [0, 0.1) is 0 Å². The fourth-order valence-corrected chi connectivity index (χ4v) is 4.46. The van der Waals surface area contributed by atoms with Crippen LogP contribution in [0.4, 0.5) is 4.39 Å². The Hall–Kier alpha value is -1.73. The van der Waals surface area contributed by atoms with E-state index in [0.717, 1.165) is 35.5 Å². The molecule has 0 fully saturated rings. The van der Waals surface area contributed by atoms with Crippen LogP contribution in [0.2, 0.25) is 0 Å². The number of hydrogen-bond donors (Lipinski definition) is 2. The number of hydrogen-bond acceptors (Lipinski definition) is 5. The summed E-state index contributed by atoms with van der Waals surface area (Å²) in [6.45, 7) is 3.85. The van der Waals surface area contributed by atoms with Gasteiger partial charge in [-0.1, -0.05) is 6.07 Å². The van der Waals surface area contributed by atoms with Crippen LogP contribution < -0.4 is 11.3 Å². The molecule has 6 heteroatoms. The minimum atomic E-state index is -0.129. The third-order valence-corrected chi connectivity index (χ3v) is 5.91. The van der Waals surface area contributed by atoms with Crippen molar-refractivity contribution in [2.75, 3.05) is 13.1 Å². The van der Waals surface area contributed by atoms with Gasteiger partial charge in [-0.15, -0.1) is 0 Å². The summed E-state index contributed by atoms with van der Waals surface area (Å²) in [5, 5.41) is 0. The van der Waals surface area contributed by atoms with Crippen molar-refractivity contribution in [3.05, 3.63) is 59.1 Å². The van der Waals surface area contributed by atoms with Crippen molar-refractivity contribution >= 4 is 23.2 Å². The van der Waals surface area contributed by atoms with Crippen LogP contribution in [0.25, 0.3) is 5.57 Å². The number of nitrogens with two attached hydrogens (primary N) is 1. The third-order valence-electron chi connectivity index (χ3n) is 4.61. The Labute approximate surface area is 145 Å². The molecule has 1 aliphatic carbocycles. The highest BCUT2D eigenvalue weighted by atomic mass is 32.2. The number of nitrogens with zero attached hydrogens (tertiary/aromatic N) is 2. The van der Waals surface area contributed by atoms with E-state index in [-0.39, 0.29) is 5.83 Å². The van der Waals surface area contributed by atoms with E-state index in [2.05, 4.69) is 39.8 Å². The second-order valence-corrected chi connectivity index (χ2v) is 7.20. The Morgan fingerprint density at radius 1 is 1.38 bits per heavy atom. The normalized spacial score (nSPS) is 22.5. The van der Waals surface area contributed by atoms with Gasteiger partial charge in [0.05, 0.1) is 5.71 Å². The second-order valence-electron chi connectivity index (χ2n) is 6.10. The van der Waals surface area contributed by atoms with Crippen LogP contribution in [-0.4, -0.2) is 23.1 Å². The molecule has 1 aromatic rings. The van der Waals surface area contributed by atoms with E-state index in [4.69, 9.17) is 5.84 Å². The van der Waals surface area contributed by atoms with Gasteiger partial charge in [-0.3, -0.25) is 16.3 Å².